The Morgan fingerprint density at radius 3 is 1.29 bits per heavy atom. The van der Waals surface area contributed by atoms with Gasteiger partial charge in [0, 0.05) is 30.6 Å². The summed E-state index contributed by atoms with van der Waals surface area (Å²) in [6.07, 6.45) is -54.1. The summed E-state index contributed by atoms with van der Waals surface area (Å²) in [5, 5.41) is 196. The predicted molar refractivity (Wildman–Crippen MR) is 248 cm³/mol. The van der Waals surface area contributed by atoms with Crippen molar-refractivity contribution in [1.29, 1.82) is 0 Å². The summed E-state index contributed by atoms with van der Waals surface area (Å²) in [6, 6.07) is 0. The maximum atomic E-state index is 12.1. The molecule has 35 atom stereocenters. The van der Waals surface area contributed by atoms with Crippen LogP contribution in [0.2, 0.25) is 0 Å². The van der Waals surface area contributed by atoms with E-state index in [-0.39, 0.29) is 6.61 Å². The molecule has 31 nitrogen and oxygen atoms in total. The van der Waals surface area contributed by atoms with Gasteiger partial charge in [-0.2, -0.15) is 0 Å². The van der Waals surface area contributed by atoms with Gasteiger partial charge in [0.25, 0.3) is 0 Å². The average Bonchev–Trinajstić information content (AvgIpc) is 3.66. The lowest BCUT2D eigenvalue weighted by molar-refractivity contribution is -0.399. The van der Waals surface area contributed by atoms with Crippen LogP contribution in [0.3, 0.4) is 0 Å². The van der Waals surface area contributed by atoms with Gasteiger partial charge in [-0.25, -0.2) is 0 Å². The summed E-state index contributed by atoms with van der Waals surface area (Å²) in [5.41, 5.74) is 0. The standard InChI is InChI=1S/C47H82O31/c1-13-12-66-45(33(63)31(61)26(13)56)78-40-32(62)29(59)22(8-48)71-47(40)76-38-25(11-51)72-42(15(3)36(38)74-44-21(55)7-19(53)28(58)17(5)68-44)77-39-30(60)23(9-49)70-46(34(39)64)75-37-24(10-50)69-41(65)14(2)35(37)73-43-20(54)6-18(52)27(57)16(4)67-43/h13-65H,6-12H2,1-5H3/t13?,14?,15?,16?,17?,18?,19?,20?,21?,22?,23?,24?,25?,26-,27-,28-,29+,30+,31?,32?,33?,34?,35?,36?,37-,38-,39?,40?,41-,42+,43+,44+,45+,46+,47+/m1/s1. The fourth-order valence-corrected chi connectivity index (χ4v) is 10.7. The van der Waals surface area contributed by atoms with Crippen molar-refractivity contribution in [3.63, 3.8) is 0 Å². The molecule has 78 heavy (non-hydrogen) atoms. The molecular weight excluding hydrogens is 1060 g/mol. The molecule has 0 amide bonds. The number of aliphatic hydroxyl groups excluding tert-OH is 18. The fraction of sp³-hybridized carbons (Fsp3) is 1.00. The molecule has 21 unspecified atom stereocenters. The van der Waals surface area contributed by atoms with E-state index >= 15 is 0 Å². The third-order valence-corrected chi connectivity index (χ3v) is 15.8. The van der Waals surface area contributed by atoms with Gasteiger partial charge in [-0.3, -0.25) is 0 Å². The molecule has 0 bridgehead atoms. The zero-order valence-corrected chi connectivity index (χ0v) is 43.5. The SMILES string of the molecule is CC1C(O[C@@H]2OC(C)[C@@H](O)C(O)CC2O)[C@H](O[C@@H]2OC(CO)[C@H](O)C(O)C2O[C@@H]2OCC(C)[C@@H](O)C(O)C2O)C(CO)O[C@H]1OC1C(O)[C@H](O[C@@H]2C(CO)O[C@@H](O)C(C)C2O[C@@H]2OC(C)[C@@H](O)C(O)CC2O)OC(CO)[C@@H]1O. The summed E-state index contributed by atoms with van der Waals surface area (Å²) >= 11 is 0. The highest BCUT2D eigenvalue weighted by Crippen LogP contribution is 2.41. The van der Waals surface area contributed by atoms with Crippen LogP contribution in [0.15, 0.2) is 0 Å². The van der Waals surface area contributed by atoms with Crippen LogP contribution in [0.1, 0.15) is 47.5 Å². The van der Waals surface area contributed by atoms with Crippen molar-refractivity contribution in [2.45, 2.75) is 244 Å². The zero-order valence-electron chi connectivity index (χ0n) is 43.5. The maximum absolute atomic E-state index is 12.1. The first-order valence-electron chi connectivity index (χ1n) is 26.3. The number of rotatable bonds is 16. The van der Waals surface area contributed by atoms with Gasteiger partial charge in [-0.1, -0.05) is 20.8 Å². The van der Waals surface area contributed by atoms with Crippen molar-refractivity contribution in [3.8, 4) is 0 Å². The van der Waals surface area contributed by atoms with Gasteiger partial charge in [0.05, 0.1) is 75.8 Å². The van der Waals surface area contributed by atoms with Crippen LogP contribution in [0.4, 0.5) is 0 Å². The van der Waals surface area contributed by atoms with Crippen molar-refractivity contribution in [1.82, 2.24) is 0 Å². The molecule has 7 heterocycles. The van der Waals surface area contributed by atoms with Gasteiger partial charge >= 0.3 is 0 Å². The highest BCUT2D eigenvalue weighted by molar-refractivity contribution is 5.00. The first-order chi connectivity index (χ1) is 36.8. The first-order valence-corrected chi connectivity index (χ1v) is 26.3. The summed E-state index contributed by atoms with van der Waals surface area (Å²) in [7, 11) is 0. The Hall–Kier alpha value is -1.24. The molecule has 7 aliphatic rings. The lowest BCUT2D eigenvalue weighted by atomic mass is 9.90. The van der Waals surface area contributed by atoms with Crippen molar-refractivity contribution < 1.29 is 153 Å². The van der Waals surface area contributed by atoms with E-state index in [2.05, 4.69) is 0 Å². The van der Waals surface area contributed by atoms with Gasteiger partial charge < -0.3 is 153 Å². The van der Waals surface area contributed by atoms with Crippen LogP contribution in [0.25, 0.3) is 0 Å². The summed E-state index contributed by atoms with van der Waals surface area (Å²) in [5.74, 6) is -3.07. The van der Waals surface area contributed by atoms with E-state index in [9.17, 15) is 91.9 Å². The smallest absolute Gasteiger partial charge is 0.187 e. The average molecular weight is 1140 g/mol. The van der Waals surface area contributed by atoms with Crippen molar-refractivity contribution in [2.24, 2.45) is 17.8 Å². The minimum absolute atomic E-state index is 0.279. The lowest BCUT2D eigenvalue weighted by Crippen LogP contribution is -2.67. The van der Waals surface area contributed by atoms with E-state index in [4.69, 9.17) is 61.6 Å². The topological polar surface area (TPSA) is 484 Å². The quantitative estimate of drug-likeness (QED) is 0.0682. The molecule has 7 rings (SSSR count). The molecule has 0 aliphatic carbocycles. The second-order valence-electron chi connectivity index (χ2n) is 21.5. The molecule has 0 spiro atoms. The Balaban J connectivity index is 1.19. The van der Waals surface area contributed by atoms with Crippen molar-refractivity contribution >= 4 is 0 Å². The highest BCUT2D eigenvalue weighted by Gasteiger charge is 2.58. The van der Waals surface area contributed by atoms with Gasteiger partial charge in [0.15, 0.2) is 44.0 Å². The van der Waals surface area contributed by atoms with E-state index < -0.39 is 254 Å². The van der Waals surface area contributed by atoms with Crippen LogP contribution >= 0.6 is 0 Å². The second-order valence-corrected chi connectivity index (χ2v) is 21.5. The fourth-order valence-electron chi connectivity index (χ4n) is 10.7. The molecule has 0 saturated carbocycles. The third kappa shape index (κ3) is 13.8. The van der Waals surface area contributed by atoms with E-state index in [1.54, 1.807) is 0 Å². The van der Waals surface area contributed by atoms with E-state index in [0.717, 1.165) is 0 Å². The molecule has 7 aliphatic heterocycles. The number of ether oxygens (including phenoxy) is 13. The summed E-state index contributed by atoms with van der Waals surface area (Å²) in [4.78, 5) is 0. The van der Waals surface area contributed by atoms with Crippen LogP contribution < -0.4 is 0 Å². The van der Waals surface area contributed by atoms with Crippen LogP contribution in [0, 0.1) is 17.8 Å². The van der Waals surface area contributed by atoms with Crippen LogP contribution in [0.5, 0.6) is 0 Å². The summed E-state index contributed by atoms with van der Waals surface area (Å²) in [6.45, 7) is 3.21. The lowest BCUT2D eigenvalue weighted by Gasteiger charge is -2.51. The van der Waals surface area contributed by atoms with Crippen LogP contribution in [-0.2, 0) is 61.6 Å². The zero-order chi connectivity index (χ0) is 57.3. The van der Waals surface area contributed by atoms with Crippen LogP contribution in [-0.4, -0.2) is 322 Å². The molecule has 0 radical (unpaired) electrons. The predicted octanol–water partition coefficient (Wildman–Crippen LogP) is -9.62. The van der Waals surface area contributed by atoms with Gasteiger partial charge in [0.1, 0.15) is 110 Å². The summed E-state index contributed by atoms with van der Waals surface area (Å²) < 4.78 is 78.4. The van der Waals surface area contributed by atoms with Gasteiger partial charge in [-0.15, -0.1) is 0 Å². The number of aliphatic hydroxyl groups is 18. The molecule has 0 aromatic heterocycles. The minimum Gasteiger partial charge on any atom is -0.394 e. The third-order valence-electron chi connectivity index (χ3n) is 15.8. The van der Waals surface area contributed by atoms with Crippen molar-refractivity contribution in [3.05, 3.63) is 0 Å². The molecule has 7 saturated heterocycles. The van der Waals surface area contributed by atoms with Crippen molar-refractivity contribution in [2.75, 3.05) is 33.0 Å². The highest BCUT2D eigenvalue weighted by atomic mass is 16.8. The molecule has 7 fully saturated rings. The molecule has 0 aromatic rings. The maximum Gasteiger partial charge on any atom is 0.187 e. The number of hydrogen-bond donors (Lipinski definition) is 18. The first kappa shape index (κ1) is 64.3. The normalized spacial score (nSPS) is 54.0. The Morgan fingerprint density at radius 2 is 0.756 bits per heavy atom. The molecule has 456 valence electrons. The monoisotopic (exact) mass is 1140 g/mol. The molecule has 0 aromatic carbocycles. The Morgan fingerprint density at radius 1 is 0.321 bits per heavy atom. The van der Waals surface area contributed by atoms with Gasteiger partial charge in [0.2, 0.25) is 0 Å². The Labute approximate surface area is 447 Å². The molecular formula is C47H82O31. The molecule has 31 heteroatoms. The van der Waals surface area contributed by atoms with Gasteiger partial charge in [-0.05, 0) is 13.8 Å². The minimum atomic E-state index is -2.08. The molecule has 18 N–H and O–H groups in total. The van der Waals surface area contributed by atoms with E-state index in [1.807, 2.05) is 0 Å². The van der Waals surface area contributed by atoms with E-state index in [0.29, 0.717) is 0 Å². The van der Waals surface area contributed by atoms with E-state index in [1.165, 1.54) is 34.6 Å². The Kier molecular flexibility index (Phi) is 22.8. The largest absolute Gasteiger partial charge is 0.394 e. The second kappa shape index (κ2) is 27.6. The number of hydrogen-bond acceptors (Lipinski definition) is 31. The Bertz CT molecular complexity index is 1820.